The molecule has 0 spiro atoms. The van der Waals surface area contributed by atoms with Crippen LogP contribution in [-0.2, 0) is 14.2 Å². The zero-order valence-corrected chi connectivity index (χ0v) is 20.9. The second-order valence-corrected chi connectivity index (χ2v) is 9.47. The summed E-state index contributed by atoms with van der Waals surface area (Å²) in [6.45, 7) is 2.02. The van der Waals surface area contributed by atoms with Crippen LogP contribution >= 0.6 is 0 Å². The van der Waals surface area contributed by atoms with Gasteiger partial charge in [-0.2, -0.15) is 0 Å². The molecule has 0 aromatic carbocycles. The number of aromatic nitrogens is 2. The Kier molecular flexibility index (Phi) is 6.59. The van der Waals surface area contributed by atoms with E-state index in [9.17, 15) is 9.18 Å². The first-order chi connectivity index (χ1) is 18.6. The third-order valence-corrected chi connectivity index (χ3v) is 6.99. The average molecular weight is 522 g/mol. The molecule has 198 valence electrons. The predicted molar refractivity (Wildman–Crippen MR) is 136 cm³/mol. The number of ether oxygens (including phenoxy) is 4. The minimum atomic E-state index is -0.483. The predicted octanol–water partition coefficient (Wildman–Crippen LogP) is 3.73. The van der Waals surface area contributed by atoms with Gasteiger partial charge in [-0.05, 0) is 30.9 Å². The Balaban J connectivity index is 1.06. The van der Waals surface area contributed by atoms with Crippen molar-refractivity contribution in [3.8, 4) is 5.88 Å². The Morgan fingerprint density at radius 1 is 1.26 bits per heavy atom. The molecular weight excluding hydrogens is 493 g/mol. The normalized spacial score (nSPS) is 23.0. The number of carbonyl (C=O) groups excluding carboxylic acids is 1. The van der Waals surface area contributed by atoms with E-state index in [1.807, 2.05) is 17.1 Å². The number of amides is 1. The van der Waals surface area contributed by atoms with Crippen LogP contribution in [0.15, 0.2) is 66.3 Å². The number of pyridine rings is 2. The molecule has 4 aliphatic rings. The Hall–Kier alpha value is -4.12. The highest BCUT2D eigenvalue weighted by molar-refractivity contribution is 5.88. The van der Waals surface area contributed by atoms with Crippen LogP contribution in [0.2, 0.25) is 0 Å². The van der Waals surface area contributed by atoms with Crippen molar-refractivity contribution in [2.75, 3.05) is 38.2 Å². The summed E-state index contributed by atoms with van der Waals surface area (Å²) in [4.78, 5) is 24.6. The van der Waals surface area contributed by atoms with Gasteiger partial charge in [-0.25, -0.2) is 19.1 Å². The van der Waals surface area contributed by atoms with Crippen LogP contribution in [0.5, 0.6) is 5.88 Å². The van der Waals surface area contributed by atoms with E-state index >= 15 is 0 Å². The summed E-state index contributed by atoms with van der Waals surface area (Å²) in [7, 11) is 1.53. The Bertz CT molecular complexity index is 1370. The van der Waals surface area contributed by atoms with Gasteiger partial charge in [-0.15, -0.1) is 0 Å². The molecule has 2 atom stereocenters. The molecule has 2 aromatic rings. The maximum atomic E-state index is 14.9. The van der Waals surface area contributed by atoms with Crippen LogP contribution in [0, 0.1) is 5.82 Å². The minimum absolute atomic E-state index is 0.0882. The van der Waals surface area contributed by atoms with Gasteiger partial charge in [0, 0.05) is 31.7 Å². The van der Waals surface area contributed by atoms with Gasteiger partial charge in [-0.3, -0.25) is 4.98 Å². The monoisotopic (exact) mass is 521 g/mol. The standard InChI is InChI=1S/C27H28FN5O5/c1-35-23-8-7-21-25(31-23)26(20(28)12-30-21)32-10-9-18(13-32)29-11-19-14-33(27(34)37-19)24-16-36-15-22(38-24)17-5-3-2-4-6-17/h2-3,5,7-8,12,15-16,18-19,29H,4,6,9-11,13-14H2,1H3/t18?,19-/m1/s1. The molecule has 1 amide bonds. The molecule has 5 heterocycles. The van der Waals surface area contributed by atoms with E-state index in [1.54, 1.807) is 18.4 Å². The number of nitrogens with zero attached hydrogens (tertiary/aromatic N) is 4. The first kappa shape index (κ1) is 24.2. The topological polar surface area (TPSA) is 98.3 Å². The SMILES string of the molecule is COc1ccc2ncc(F)c(N3CCC(NC[C@@H]4CN(C5=COC=C(C6=CC=CCC6)O5)C(=O)O4)C3)c2n1. The van der Waals surface area contributed by atoms with E-state index in [1.165, 1.54) is 24.5 Å². The third kappa shape index (κ3) is 4.76. The number of hydrogen-bond donors (Lipinski definition) is 1. The lowest BCUT2D eigenvalue weighted by Gasteiger charge is -2.23. The van der Waals surface area contributed by atoms with Crippen molar-refractivity contribution in [2.45, 2.75) is 31.4 Å². The van der Waals surface area contributed by atoms with Crippen molar-refractivity contribution in [1.29, 1.82) is 0 Å². The van der Waals surface area contributed by atoms with E-state index in [0.717, 1.165) is 24.8 Å². The minimum Gasteiger partial charge on any atom is -0.481 e. The molecule has 1 unspecified atom stereocenters. The number of cyclic esters (lactones) is 1. The molecule has 2 fully saturated rings. The van der Waals surface area contributed by atoms with E-state index in [0.29, 0.717) is 60.4 Å². The number of halogens is 1. The summed E-state index contributed by atoms with van der Waals surface area (Å²) in [5.74, 6) is 0.886. The Morgan fingerprint density at radius 2 is 2.18 bits per heavy atom. The zero-order valence-electron chi connectivity index (χ0n) is 20.9. The molecule has 38 heavy (non-hydrogen) atoms. The summed E-state index contributed by atoms with van der Waals surface area (Å²) >= 11 is 0. The van der Waals surface area contributed by atoms with Crippen molar-refractivity contribution >= 4 is 22.8 Å². The molecule has 0 saturated carbocycles. The molecule has 10 nitrogen and oxygen atoms in total. The third-order valence-electron chi connectivity index (χ3n) is 6.99. The second kappa shape index (κ2) is 10.3. The molecule has 11 heteroatoms. The number of rotatable bonds is 7. The molecule has 3 aliphatic heterocycles. The molecule has 2 aromatic heterocycles. The van der Waals surface area contributed by atoms with Gasteiger partial charge in [0.15, 0.2) is 17.8 Å². The van der Waals surface area contributed by atoms with Crippen molar-refractivity contribution in [3.63, 3.8) is 0 Å². The lowest BCUT2D eigenvalue weighted by atomic mass is 10.0. The number of allylic oxidation sites excluding steroid dienone is 4. The molecule has 1 aliphatic carbocycles. The first-order valence-corrected chi connectivity index (χ1v) is 12.6. The van der Waals surface area contributed by atoms with Crippen LogP contribution in [0.4, 0.5) is 14.9 Å². The lowest BCUT2D eigenvalue weighted by molar-refractivity contribution is 0.118. The highest BCUT2D eigenvalue weighted by Gasteiger charge is 2.37. The number of fused-ring (bicyclic) bond motifs is 1. The smallest absolute Gasteiger partial charge is 0.417 e. The molecule has 1 N–H and O–H groups in total. The van der Waals surface area contributed by atoms with Crippen LogP contribution in [0.1, 0.15) is 19.3 Å². The number of hydrogen-bond acceptors (Lipinski definition) is 9. The van der Waals surface area contributed by atoms with Gasteiger partial charge < -0.3 is 29.2 Å². The van der Waals surface area contributed by atoms with Gasteiger partial charge in [0.25, 0.3) is 0 Å². The largest absolute Gasteiger partial charge is 0.481 e. The average Bonchev–Trinajstić information content (AvgIpc) is 3.58. The van der Waals surface area contributed by atoms with Crippen molar-refractivity contribution < 1.29 is 28.1 Å². The molecule has 0 bridgehead atoms. The highest BCUT2D eigenvalue weighted by atomic mass is 19.1. The fourth-order valence-electron chi connectivity index (χ4n) is 5.05. The highest BCUT2D eigenvalue weighted by Crippen LogP contribution is 2.32. The molecule has 6 rings (SSSR count). The van der Waals surface area contributed by atoms with Gasteiger partial charge in [-0.1, -0.05) is 18.2 Å². The van der Waals surface area contributed by atoms with Gasteiger partial charge in [0.1, 0.15) is 23.6 Å². The van der Waals surface area contributed by atoms with E-state index in [2.05, 4.69) is 21.4 Å². The van der Waals surface area contributed by atoms with Crippen LogP contribution < -0.4 is 15.0 Å². The number of nitrogens with one attached hydrogen (secondary N) is 1. The maximum Gasteiger partial charge on any atom is 0.417 e. The molecule has 2 saturated heterocycles. The summed E-state index contributed by atoms with van der Waals surface area (Å²) in [5, 5.41) is 3.47. The van der Waals surface area contributed by atoms with E-state index in [4.69, 9.17) is 18.9 Å². The summed E-state index contributed by atoms with van der Waals surface area (Å²) in [6.07, 6.45) is 12.0. The second-order valence-electron chi connectivity index (χ2n) is 9.47. The van der Waals surface area contributed by atoms with Crippen LogP contribution in [0.3, 0.4) is 0 Å². The first-order valence-electron chi connectivity index (χ1n) is 12.6. The van der Waals surface area contributed by atoms with Crippen LogP contribution in [-0.4, -0.2) is 66.4 Å². The van der Waals surface area contributed by atoms with Gasteiger partial charge in [0.2, 0.25) is 11.8 Å². The Morgan fingerprint density at radius 3 is 3.03 bits per heavy atom. The lowest BCUT2D eigenvalue weighted by Crippen LogP contribution is -2.39. The number of carbonyl (C=O) groups is 1. The van der Waals surface area contributed by atoms with E-state index in [-0.39, 0.29) is 12.1 Å². The van der Waals surface area contributed by atoms with E-state index < -0.39 is 11.9 Å². The summed E-state index contributed by atoms with van der Waals surface area (Å²) in [6, 6.07) is 3.57. The number of anilines is 1. The summed E-state index contributed by atoms with van der Waals surface area (Å²) < 4.78 is 37.1. The Labute approximate surface area is 219 Å². The van der Waals surface area contributed by atoms with Crippen LogP contribution in [0.25, 0.3) is 11.0 Å². The molecular formula is C27H28FN5O5. The number of methoxy groups -OCH3 is 1. The van der Waals surface area contributed by atoms with Crippen molar-refractivity contribution in [3.05, 3.63) is 72.1 Å². The zero-order chi connectivity index (χ0) is 26.1. The van der Waals surface area contributed by atoms with Gasteiger partial charge >= 0.3 is 6.09 Å². The maximum absolute atomic E-state index is 14.9. The summed E-state index contributed by atoms with van der Waals surface area (Å²) in [5.41, 5.74) is 2.52. The van der Waals surface area contributed by atoms with Gasteiger partial charge in [0.05, 0.1) is 25.4 Å². The fraction of sp³-hybridized carbons (Fsp3) is 0.370. The van der Waals surface area contributed by atoms with Crippen molar-refractivity contribution in [2.24, 2.45) is 0 Å². The quantitative estimate of drug-likeness (QED) is 0.584. The fourth-order valence-corrected chi connectivity index (χ4v) is 5.05. The molecule has 0 radical (unpaired) electrons. The van der Waals surface area contributed by atoms with Crippen molar-refractivity contribution in [1.82, 2.24) is 20.2 Å².